The van der Waals surface area contributed by atoms with Crippen molar-refractivity contribution in [2.45, 2.75) is 0 Å². The Balaban J connectivity index is 0.000000111. The van der Waals surface area contributed by atoms with Crippen LogP contribution in [0.15, 0.2) is 437 Å². The quantitative estimate of drug-likeness (QED) is 0.0694. The molecule has 0 bridgehead atoms. The Kier molecular flexibility index (Phi) is 22.4. The van der Waals surface area contributed by atoms with Crippen LogP contribution in [0.5, 0.6) is 0 Å². The monoisotopic (exact) mass is 1750 g/mol. The molecule has 628 valence electrons. The molecule has 0 heterocycles. The van der Waals surface area contributed by atoms with Gasteiger partial charge >= 0.3 is 0 Å². The molecule has 23 rings (SSSR count). The summed E-state index contributed by atoms with van der Waals surface area (Å²) < 4.78 is 50.3. The number of hydrogen-bond donors (Lipinski definition) is 0. The summed E-state index contributed by atoms with van der Waals surface area (Å²) in [4.78, 5) is 0. The Morgan fingerprint density at radius 3 is 0.892 bits per heavy atom. The highest BCUT2D eigenvalue weighted by Gasteiger charge is 2.23. The second-order valence-corrected chi connectivity index (χ2v) is 48.7. The summed E-state index contributed by atoms with van der Waals surface area (Å²) in [5.41, 5.74) is 18.9. The van der Waals surface area contributed by atoms with Gasteiger partial charge in [-0.05, 0) is 315 Å². The second kappa shape index (κ2) is 34.6. The molecule has 0 N–H and O–H groups in total. The van der Waals surface area contributed by atoms with Crippen LogP contribution in [0.1, 0.15) is 0 Å². The Hall–Kier alpha value is -13.9. The standard InChI is InChI=1S/C42H31OP.2C28H23OP.C24H19OP/c1-44(2,43)36-22-19-30(20-23-36)33-21-24-39-40(27-33)42(35-18-16-29-10-4-6-12-32(29)26-35)38-14-8-7-13-37(38)41(39)34-17-15-28-9-3-5-11-31(28)25-34;1-30(2,29)25-14-8-12-21(19-25)20-11-7-13-24(17-20)28-26-15-5-3-9-22(26)18-23-10-4-6-16-27(23)28;1-30(2,29)25-11-7-10-22(19-25)20-14-16-21(17-15-20)28-26-12-5-3-8-23(26)18-24-9-4-6-13-27(24)28;1-26(2,25)20-8-4-7-19(15-20)21-13-11-18-10-9-16-5-3-6-17-12-14-22(21)24(18)23(16)17/h3-27H,1-2H3;2*3-19H,1-2H3;3-15H,1-2H3. The lowest BCUT2D eigenvalue weighted by atomic mass is 9.84. The van der Waals surface area contributed by atoms with Gasteiger partial charge in [0.2, 0.25) is 0 Å². The molecule has 0 unspecified atom stereocenters. The maximum Gasteiger partial charge on any atom is 0.109 e. The Bertz CT molecular complexity index is 8480. The van der Waals surface area contributed by atoms with Crippen LogP contribution in [0, 0.1) is 0 Å². The molecular weight excluding hydrogens is 1650 g/mol. The molecule has 8 heteroatoms. The van der Waals surface area contributed by atoms with Crippen LogP contribution in [0.25, 0.3) is 208 Å². The third-order valence-electron chi connectivity index (χ3n) is 25.7. The average molecular weight is 1750 g/mol. The molecule has 0 amide bonds. The van der Waals surface area contributed by atoms with E-state index in [0.717, 1.165) is 60.2 Å². The van der Waals surface area contributed by atoms with Crippen molar-refractivity contribution in [1.29, 1.82) is 0 Å². The Labute approximate surface area is 760 Å². The van der Waals surface area contributed by atoms with Crippen LogP contribution in [-0.2, 0) is 18.3 Å². The lowest BCUT2D eigenvalue weighted by Crippen LogP contribution is -2.02. The highest BCUT2D eigenvalue weighted by molar-refractivity contribution is 7.71. The Morgan fingerprint density at radius 2 is 0.415 bits per heavy atom. The van der Waals surface area contributed by atoms with Crippen molar-refractivity contribution in [3.8, 4) is 89.0 Å². The summed E-state index contributed by atoms with van der Waals surface area (Å²) in [5, 5.41) is 31.3. The smallest absolute Gasteiger partial charge is 0.109 e. The summed E-state index contributed by atoms with van der Waals surface area (Å²) in [6, 6.07) is 155. The molecule has 23 aromatic carbocycles. The maximum atomic E-state index is 12.7. The largest absolute Gasteiger partial charge is 0.319 e. The number of hydrogen-bond acceptors (Lipinski definition) is 4. The minimum absolute atomic E-state index is 0.906. The summed E-state index contributed by atoms with van der Waals surface area (Å²) in [6.45, 7) is 14.6. The summed E-state index contributed by atoms with van der Waals surface area (Å²) in [6.07, 6.45) is 0. The summed E-state index contributed by atoms with van der Waals surface area (Å²) in [7, 11) is -9.18. The van der Waals surface area contributed by atoms with E-state index in [0.29, 0.717) is 0 Å². The van der Waals surface area contributed by atoms with Gasteiger partial charge in [0.15, 0.2) is 0 Å². The van der Waals surface area contributed by atoms with Gasteiger partial charge < -0.3 is 18.3 Å². The van der Waals surface area contributed by atoms with E-state index in [2.05, 4.69) is 388 Å². The fraction of sp³-hybridized carbons (Fsp3) is 0.0656. The molecular formula is C122H96O4P4. The lowest BCUT2D eigenvalue weighted by molar-refractivity contribution is 0.587. The number of rotatable bonds is 12. The molecule has 130 heavy (non-hydrogen) atoms. The van der Waals surface area contributed by atoms with E-state index in [4.69, 9.17) is 0 Å². The van der Waals surface area contributed by atoms with Crippen molar-refractivity contribution in [3.05, 3.63) is 437 Å². The van der Waals surface area contributed by atoms with E-state index >= 15 is 0 Å². The molecule has 23 aromatic rings. The fourth-order valence-electron chi connectivity index (χ4n) is 19.1. The fourth-order valence-corrected chi connectivity index (χ4v) is 22.6. The number of fused-ring (bicyclic) bond motifs is 8. The first kappa shape index (κ1) is 84.3. The third kappa shape index (κ3) is 16.8. The Morgan fingerprint density at radius 1 is 0.138 bits per heavy atom. The van der Waals surface area contributed by atoms with E-state index < -0.39 is 28.6 Å². The molecule has 0 saturated heterocycles. The zero-order valence-electron chi connectivity index (χ0n) is 74.0. The topological polar surface area (TPSA) is 68.3 Å². The van der Waals surface area contributed by atoms with Crippen molar-refractivity contribution in [2.24, 2.45) is 0 Å². The van der Waals surface area contributed by atoms with E-state index in [1.165, 1.54) is 169 Å². The molecule has 0 aliphatic heterocycles. The van der Waals surface area contributed by atoms with E-state index in [-0.39, 0.29) is 0 Å². The van der Waals surface area contributed by atoms with Gasteiger partial charge in [-0.25, -0.2) is 0 Å². The van der Waals surface area contributed by atoms with Crippen molar-refractivity contribution in [2.75, 3.05) is 53.3 Å². The SMILES string of the molecule is CP(C)(=O)c1ccc(-c2ccc3c(-c4ccc5ccccc5c4)c4ccccc4c(-c4ccc5ccccc5c4)c3c2)cc1.CP(C)(=O)c1cccc(-c2ccc(-c3c4ccccc4cc4ccccc34)cc2)c1.CP(C)(=O)c1cccc(-c2ccc3ccc4cccc5ccc2c3c45)c1.CP(C)(=O)c1cccc(-c2cccc(-c3c4ccccc4cc4ccccc34)c2)c1. The predicted octanol–water partition coefficient (Wildman–Crippen LogP) is 33.2. The van der Waals surface area contributed by atoms with Gasteiger partial charge in [-0.1, -0.05) is 382 Å². The second-order valence-electron chi connectivity index (χ2n) is 35.8. The van der Waals surface area contributed by atoms with Gasteiger partial charge in [0, 0.05) is 21.2 Å². The van der Waals surface area contributed by atoms with E-state index in [9.17, 15) is 18.3 Å². The molecule has 0 aliphatic rings. The molecule has 0 saturated carbocycles. The zero-order chi connectivity index (χ0) is 89.2. The van der Waals surface area contributed by atoms with Gasteiger partial charge in [0.25, 0.3) is 0 Å². The minimum Gasteiger partial charge on any atom is -0.319 e. The van der Waals surface area contributed by atoms with E-state index in [1.54, 1.807) is 0 Å². The van der Waals surface area contributed by atoms with Crippen LogP contribution >= 0.6 is 28.6 Å². The van der Waals surface area contributed by atoms with Crippen LogP contribution in [-0.4, -0.2) is 53.3 Å². The lowest BCUT2D eigenvalue weighted by Gasteiger charge is -2.19. The van der Waals surface area contributed by atoms with Crippen LogP contribution in [0.4, 0.5) is 0 Å². The molecule has 0 spiro atoms. The van der Waals surface area contributed by atoms with Crippen molar-refractivity contribution >= 4 is 168 Å². The van der Waals surface area contributed by atoms with Gasteiger partial charge in [0.05, 0.1) is 0 Å². The normalized spacial score (nSPS) is 12.0. The van der Waals surface area contributed by atoms with Crippen molar-refractivity contribution in [1.82, 2.24) is 0 Å². The van der Waals surface area contributed by atoms with Crippen molar-refractivity contribution < 1.29 is 18.3 Å². The first-order valence-corrected chi connectivity index (χ1v) is 54.7. The highest BCUT2D eigenvalue weighted by atomic mass is 31.2. The van der Waals surface area contributed by atoms with Gasteiger partial charge in [-0.3, -0.25) is 0 Å². The van der Waals surface area contributed by atoms with Gasteiger partial charge in [0.1, 0.15) is 28.6 Å². The minimum atomic E-state index is -2.32. The van der Waals surface area contributed by atoms with E-state index in [1.807, 2.05) is 102 Å². The first-order valence-electron chi connectivity index (χ1n) is 44.3. The molecule has 0 radical (unpaired) electrons. The number of benzene rings is 23. The van der Waals surface area contributed by atoms with Crippen LogP contribution in [0.2, 0.25) is 0 Å². The van der Waals surface area contributed by atoms with Crippen molar-refractivity contribution in [3.63, 3.8) is 0 Å². The third-order valence-corrected chi connectivity index (χ3v) is 31.8. The summed E-state index contributed by atoms with van der Waals surface area (Å²) in [5.74, 6) is 0. The first-order chi connectivity index (χ1) is 63.0. The molecule has 4 nitrogen and oxygen atoms in total. The average Bonchev–Trinajstić information content (AvgIpc) is 0.711. The van der Waals surface area contributed by atoms with Crippen LogP contribution in [0.3, 0.4) is 0 Å². The predicted molar refractivity (Wildman–Crippen MR) is 569 cm³/mol. The van der Waals surface area contributed by atoms with Gasteiger partial charge in [-0.2, -0.15) is 0 Å². The zero-order valence-corrected chi connectivity index (χ0v) is 77.6. The molecule has 0 atom stereocenters. The molecule has 0 aliphatic carbocycles. The molecule has 0 fully saturated rings. The van der Waals surface area contributed by atoms with Gasteiger partial charge in [-0.15, -0.1) is 0 Å². The van der Waals surface area contributed by atoms with Crippen LogP contribution < -0.4 is 21.2 Å². The molecule has 0 aromatic heterocycles. The highest BCUT2D eigenvalue weighted by Crippen LogP contribution is 2.49. The summed E-state index contributed by atoms with van der Waals surface area (Å²) >= 11 is 0. The maximum absolute atomic E-state index is 12.7.